The number of carbonyl (C=O) groups is 1. The van der Waals surface area contributed by atoms with Gasteiger partial charge in [0.2, 0.25) is 0 Å². The average molecular weight is 368 g/mol. The maximum Gasteiger partial charge on any atom is 0.259 e. The normalized spacial score (nSPS) is 17.6. The van der Waals surface area contributed by atoms with Crippen molar-refractivity contribution in [1.82, 2.24) is 29.0 Å². The zero-order valence-corrected chi connectivity index (χ0v) is 15.5. The average Bonchev–Trinajstić information content (AvgIpc) is 3.34. The van der Waals surface area contributed by atoms with E-state index in [1.807, 2.05) is 23.5 Å². The number of aliphatic hydroxyl groups is 1. The van der Waals surface area contributed by atoms with Gasteiger partial charge in [-0.15, -0.1) is 0 Å². The molecule has 0 bridgehead atoms. The topological polar surface area (TPSA) is 88.6 Å². The summed E-state index contributed by atoms with van der Waals surface area (Å²) in [5.41, 5.74) is 1.96. The van der Waals surface area contributed by atoms with Gasteiger partial charge in [0.1, 0.15) is 11.4 Å². The Bertz CT molecular complexity index is 947. The lowest BCUT2D eigenvalue weighted by atomic mass is 9.96. The van der Waals surface area contributed by atoms with Crippen molar-refractivity contribution in [2.75, 3.05) is 19.7 Å². The van der Waals surface area contributed by atoms with Gasteiger partial charge in [-0.25, -0.2) is 14.5 Å². The summed E-state index contributed by atoms with van der Waals surface area (Å²) in [5.74, 6) is 1.27. The Labute approximate surface area is 157 Å². The van der Waals surface area contributed by atoms with Crippen LogP contribution < -0.4 is 0 Å². The molecule has 27 heavy (non-hydrogen) atoms. The van der Waals surface area contributed by atoms with Gasteiger partial charge in [0.25, 0.3) is 5.91 Å². The van der Waals surface area contributed by atoms with Crippen LogP contribution in [0.25, 0.3) is 5.65 Å². The van der Waals surface area contributed by atoms with E-state index < -0.39 is 0 Å². The standard InChI is InChI=1S/C19H24N6O2/c1-2-23-8-6-20-17(23)15-4-3-7-24(13-15)19(27)16-11-22-25-12-14(5-9-26)10-21-18(16)25/h6,8,10-12,15,26H,2-5,7,9,13H2,1H3/t15-/m0/s1. The summed E-state index contributed by atoms with van der Waals surface area (Å²) < 4.78 is 3.77. The Kier molecular flexibility index (Phi) is 4.89. The number of imidazole rings is 1. The molecule has 0 aromatic carbocycles. The van der Waals surface area contributed by atoms with E-state index in [9.17, 15) is 4.79 Å². The van der Waals surface area contributed by atoms with E-state index in [1.165, 1.54) is 0 Å². The van der Waals surface area contributed by atoms with Gasteiger partial charge in [0, 0.05) is 56.9 Å². The number of nitrogens with zero attached hydrogens (tertiary/aromatic N) is 6. The largest absolute Gasteiger partial charge is 0.396 e. The van der Waals surface area contributed by atoms with Crippen molar-refractivity contribution >= 4 is 11.6 Å². The van der Waals surface area contributed by atoms with Crippen molar-refractivity contribution < 1.29 is 9.90 Å². The Hall–Kier alpha value is -2.74. The van der Waals surface area contributed by atoms with Gasteiger partial charge in [0.15, 0.2) is 5.65 Å². The molecule has 3 aromatic rings. The first-order valence-corrected chi connectivity index (χ1v) is 9.44. The zero-order chi connectivity index (χ0) is 18.8. The van der Waals surface area contributed by atoms with Crippen molar-refractivity contribution in [3.05, 3.63) is 47.9 Å². The van der Waals surface area contributed by atoms with E-state index in [2.05, 4.69) is 26.6 Å². The summed E-state index contributed by atoms with van der Waals surface area (Å²) >= 11 is 0. The lowest BCUT2D eigenvalue weighted by molar-refractivity contribution is 0.0705. The third-order valence-corrected chi connectivity index (χ3v) is 5.20. The molecule has 0 unspecified atom stereocenters. The molecular formula is C19H24N6O2. The highest BCUT2D eigenvalue weighted by molar-refractivity contribution is 5.99. The van der Waals surface area contributed by atoms with Crippen LogP contribution in [0.1, 0.15) is 47.4 Å². The fraction of sp³-hybridized carbons (Fsp3) is 0.474. The molecular weight excluding hydrogens is 344 g/mol. The van der Waals surface area contributed by atoms with Crippen LogP contribution in [0.4, 0.5) is 0 Å². The molecule has 1 atom stereocenters. The summed E-state index contributed by atoms with van der Waals surface area (Å²) in [6, 6.07) is 0. The summed E-state index contributed by atoms with van der Waals surface area (Å²) in [6.07, 6.45) is 11.4. The lowest BCUT2D eigenvalue weighted by Crippen LogP contribution is -2.39. The third kappa shape index (κ3) is 3.32. The van der Waals surface area contributed by atoms with Gasteiger partial charge in [-0.05, 0) is 31.7 Å². The molecule has 0 radical (unpaired) electrons. The molecule has 1 N–H and O–H groups in total. The van der Waals surface area contributed by atoms with Gasteiger partial charge in [-0.1, -0.05) is 0 Å². The summed E-state index contributed by atoms with van der Waals surface area (Å²) in [5, 5.41) is 13.4. The van der Waals surface area contributed by atoms with E-state index in [-0.39, 0.29) is 18.4 Å². The molecule has 1 saturated heterocycles. The van der Waals surface area contributed by atoms with Crippen molar-refractivity contribution in [3.63, 3.8) is 0 Å². The highest BCUT2D eigenvalue weighted by Crippen LogP contribution is 2.27. The lowest BCUT2D eigenvalue weighted by Gasteiger charge is -2.32. The zero-order valence-electron chi connectivity index (χ0n) is 15.5. The number of aliphatic hydroxyl groups excluding tert-OH is 1. The molecule has 1 amide bonds. The second kappa shape index (κ2) is 7.48. The number of carbonyl (C=O) groups excluding carboxylic acids is 1. The summed E-state index contributed by atoms with van der Waals surface area (Å²) in [7, 11) is 0. The summed E-state index contributed by atoms with van der Waals surface area (Å²) in [6.45, 7) is 4.45. The highest BCUT2D eigenvalue weighted by atomic mass is 16.3. The predicted octanol–water partition coefficient (Wildman–Crippen LogP) is 1.50. The van der Waals surface area contributed by atoms with E-state index in [1.54, 1.807) is 16.9 Å². The predicted molar refractivity (Wildman–Crippen MR) is 99.6 cm³/mol. The molecule has 1 aliphatic rings. The Morgan fingerprint density at radius 1 is 1.33 bits per heavy atom. The molecule has 142 valence electrons. The maximum absolute atomic E-state index is 13.1. The fourth-order valence-electron chi connectivity index (χ4n) is 3.81. The van der Waals surface area contributed by atoms with Crippen LogP contribution in [0.15, 0.2) is 31.0 Å². The number of hydrogen-bond donors (Lipinski definition) is 1. The van der Waals surface area contributed by atoms with Gasteiger partial charge >= 0.3 is 0 Å². The Balaban J connectivity index is 1.56. The van der Waals surface area contributed by atoms with Crippen molar-refractivity contribution in [1.29, 1.82) is 0 Å². The van der Waals surface area contributed by atoms with E-state index in [0.29, 0.717) is 24.2 Å². The molecule has 0 saturated carbocycles. The van der Waals surface area contributed by atoms with Crippen LogP contribution in [0.3, 0.4) is 0 Å². The quantitative estimate of drug-likeness (QED) is 0.737. The second-order valence-corrected chi connectivity index (χ2v) is 6.92. The van der Waals surface area contributed by atoms with Crippen molar-refractivity contribution in [2.24, 2.45) is 0 Å². The van der Waals surface area contributed by atoms with E-state index in [4.69, 9.17) is 5.11 Å². The molecule has 0 aliphatic carbocycles. The maximum atomic E-state index is 13.1. The van der Waals surface area contributed by atoms with Crippen LogP contribution in [0.2, 0.25) is 0 Å². The minimum atomic E-state index is -0.0355. The molecule has 1 fully saturated rings. The van der Waals surface area contributed by atoms with Crippen molar-refractivity contribution in [2.45, 2.75) is 38.6 Å². The molecule has 1 aliphatic heterocycles. The van der Waals surface area contributed by atoms with Crippen LogP contribution in [-0.4, -0.2) is 59.8 Å². The van der Waals surface area contributed by atoms with Crippen LogP contribution in [0.5, 0.6) is 0 Å². The Morgan fingerprint density at radius 3 is 3.04 bits per heavy atom. The molecule has 0 spiro atoms. The van der Waals surface area contributed by atoms with Crippen molar-refractivity contribution in [3.8, 4) is 0 Å². The monoisotopic (exact) mass is 368 g/mol. The van der Waals surface area contributed by atoms with Gasteiger partial charge in [0.05, 0.1) is 6.20 Å². The minimum absolute atomic E-state index is 0.0355. The SMILES string of the molecule is CCn1ccnc1[C@H]1CCCN(C(=O)c2cnn3cc(CCO)cnc23)C1. The molecule has 3 aromatic heterocycles. The molecule has 8 heteroatoms. The fourth-order valence-corrected chi connectivity index (χ4v) is 3.81. The number of aromatic nitrogens is 5. The first-order chi connectivity index (χ1) is 13.2. The second-order valence-electron chi connectivity index (χ2n) is 6.92. The van der Waals surface area contributed by atoms with E-state index >= 15 is 0 Å². The number of hydrogen-bond acceptors (Lipinski definition) is 5. The van der Waals surface area contributed by atoms with Crippen LogP contribution in [-0.2, 0) is 13.0 Å². The number of aryl methyl sites for hydroxylation is 1. The van der Waals surface area contributed by atoms with Crippen LogP contribution in [0, 0.1) is 0 Å². The summed E-state index contributed by atoms with van der Waals surface area (Å²) in [4.78, 5) is 23.9. The number of amides is 1. The number of piperidine rings is 1. The number of fused-ring (bicyclic) bond motifs is 1. The highest BCUT2D eigenvalue weighted by Gasteiger charge is 2.29. The first kappa shape index (κ1) is 17.7. The smallest absolute Gasteiger partial charge is 0.259 e. The van der Waals surface area contributed by atoms with Gasteiger partial charge in [-0.2, -0.15) is 5.10 Å². The van der Waals surface area contributed by atoms with Crippen LogP contribution >= 0.6 is 0 Å². The van der Waals surface area contributed by atoms with E-state index in [0.717, 1.165) is 37.3 Å². The molecule has 4 heterocycles. The number of rotatable bonds is 5. The minimum Gasteiger partial charge on any atom is -0.396 e. The molecule has 8 nitrogen and oxygen atoms in total. The van der Waals surface area contributed by atoms with Gasteiger partial charge < -0.3 is 14.6 Å². The first-order valence-electron chi connectivity index (χ1n) is 9.44. The third-order valence-electron chi connectivity index (χ3n) is 5.20. The number of likely N-dealkylation sites (tertiary alicyclic amines) is 1. The Morgan fingerprint density at radius 2 is 2.22 bits per heavy atom. The molecule has 4 rings (SSSR count). The van der Waals surface area contributed by atoms with Gasteiger partial charge in [-0.3, -0.25) is 4.79 Å².